The molecule has 186 valence electrons. The van der Waals surface area contributed by atoms with Crippen molar-refractivity contribution in [2.24, 2.45) is 0 Å². The van der Waals surface area contributed by atoms with E-state index in [2.05, 4.69) is 28.1 Å². The average Bonchev–Trinajstić information content (AvgIpc) is 3.25. The van der Waals surface area contributed by atoms with Crippen molar-refractivity contribution in [3.63, 3.8) is 0 Å². The van der Waals surface area contributed by atoms with Crippen molar-refractivity contribution in [2.75, 3.05) is 20.0 Å². The lowest BCUT2D eigenvalue weighted by Crippen LogP contribution is -2.33. The van der Waals surface area contributed by atoms with Crippen molar-refractivity contribution >= 4 is 46.4 Å². The number of fused-ring (bicyclic) bond motifs is 1. The summed E-state index contributed by atoms with van der Waals surface area (Å²) in [5, 5.41) is 21.3. The van der Waals surface area contributed by atoms with Crippen LogP contribution in [0.25, 0.3) is 11.2 Å². The number of phosphoric acid groups is 3. The Morgan fingerprint density at radius 2 is 1.82 bits per heavy atom. The summed E-state index contributed by atoms with van der Waals surface area (Å²) in [4.78, 5) is 39.0. The van der Waals surface area contributed by atoms with Crippen LogP contribution in [-0.2, 0) is 36.1 Å². The summed E-state index contributed by atoms with van der Waals surface area (Å²) >= 11 is 1.32. The van der Waals surface area contributed by atoms with E-state index < -0.39 is 54.6 Å². The number of imidazole rings is 1. The molecule has 0 aromatic carbocycles. The van der Waals surface area contributed by atoms with E-state index in [1.807, 2.05) is 0 Å². The van der Waals surface area contributed by atoms with Crippen molar-refractivity contribution in [3.8, 4) is 0 Å². The third-order valence-corrected chi connectivity index (χ3v) is 9.06. The van der Waals surface area contributed by atoms with Gasteiger partial charge >= 0.3 is 23.5 Å². The van der Waals surface area contributed by atoms with Gasteiger partial charge in [0, 0.05) is 7.11 Å². The predicted octanol–water partition coefficient (Wildman–Crippen LogP) is 0.165. The number of hydrogen-bond acceptors (Lipinski definition) is 14. The minimum absolute atomic E-state index is 0.300. The summed E-state index contributed by atoms with van der Waals surface area (Å²) in [5.74, 6) is 0. The van der Waals surface area contributed by atoms with Gasteiger partial charge in [-0.15, -0.1) is 11.8 Å². The molecule has 2 aromatic heterocycles. The van der Waals surface area contributed by atoms with E-state index in [1.165, 1.54) is 29.0 Å². The van der Waals surface area contributed by atoms with Crippen molar-refractivity contribution < 1.29 is 61.0 Å². The van der Waals surface area contributed by atoms with Crippen LogP contribution in [0.15, 0.2) is 17.7 Å². The molecule has 6 unspecified atom stereocenters. The summed E-state index contributed by atoms with van der Waals surface area (Å²) in [7, 11) is -15.3. The Morgan fingerprint density at radius 3 is 2.42 bits per heavy atom. The molecule has 0 aliphatic carbocycles. The highest BCUT2D eigenvalue weighted by atomic mass is 32.2. The van der Waals surface area contributed by atoms with E-state index in [1.54, 1.807) is 6.26 Å². The second kappa shape index (κ2) is 10.0. The molecule has 2 aromatic rings. The fourth-order valence-corrected chi connectivity index (χ4v) is 6.67. The maximum absolute atomic E-state index is 12.4. The lowest BCUT2D eigenvalue weighted by atomic mass is 10.1. The Labute approximate surface area is 189 Å². The largest absolute Gasteiger partial charge is 0.490 e. The quantitative estimate of drug-likeness (QED) is 0.150. The molecule has 0 saturated carbocycles. The Bertz CT molecular complexity index is 1140. The molecule has 6 atom stereocenters. The van der Waals surface area contributed by atoms with Crippen molar-refractivity contribution in [3.05, 3.63) is 12.7 Å². The Morgan fingerprint density at radius 1 is 1.12 bits per heavy atom. The highest BCUT2D eigenvalue weighted by molar-refractivity contribution is 7.98. The molecular weight excluding hydrogens is 533 g/mol. The van der Waals surface area contributed by atoms with Gasteiger partial charge in [-0.05, 0) is 6.26 Å². The van der Waals surface area contributed by atoms with Crippen LogP contribution in [0.2, 0.25) is 0 Å². The van der Waals surface area contributed by atoms with Crippen LogP contribution in [0, 0.1) is 0 Å². The zero-order valence-corrected chi connectivity index (χ0v) is 20.2. The Hall–Kier alpha value is -0.810. The van der Waals surface area contributed by atoms with Gasteiger partial charge in [0.05, 0.1) is 12.9 Å². The number of phosphoric ester groups is 1. The fourth-order valence-electron chi connectivity index (χ4n) is 2.81. The lowest BCUT2D eigenvalue weighted by Gasteiger charge is -2.21. The van der Waals surface area contributed by atoms with Gasteiger partial charge < -0.3 is 29.6 Å². The van der Waals surface area contributed by atoms with Crippen molar-refractivity contribution in [2.45, 2.75) is 29.6 Å². The average molecular weight is 552 g/mol. The van der Waals surface area contributed by atoms with E-state index in [9.17, 15) is 28.8 Å². The molecule has 3 heterocycles. The second-order valence-corrected chi connectivity index (χ2v) is 11.8. The SMILES string of the molecule is COP(=O)(OCC1OC(n2cnc3c(SC)ncnc32)C(O)C1O)OP(=O)(O)OP(=O)(O)O. The van der Waals surface area contributed by atoms with E-state index in [4.69, 9.17) is 19.0 Å². The molecule has 21 heteroatoms. The first-order valence-corrected chi connectivity index (χ1v) is 14.3. The molecule has 5 N–H and O–H groups in total. The van der Waals surface area contributed by atoms with Gasteiger partial charge in [0.1, 0.15) is 35.2 Å². The van der Waals surface area contributed by atoms with Gasteiger partial charge in [-0.3, -0.25) is 13.6 Å². The molecule has 0 bridgehead atoms. The summed E-state index contributed by atoms with van der Waals surface area (Å²) in [5.41, 5.74) is 0.727. The first-order chi connectivity index (χ1) is 15.3. The molecule has 0 spiro atoms. The van der Waals surface area contributed by atoms with E-state index in [0.717, 1.165) is 7.11 Å². The highest BCUT2D eigenvalue weighted by Gasteiger charge is 2.47. The maximum atomic E-state index is 12.4. The van der Waals surface area contributed by atoms with Gasteiger partial charge in [0.2, 0.25) is 0 Å². The van der Waals surface area contributed by atoms with Crippen molar-refractivity contribution in [1.29, 1.82) is 0 Å². The van der Waals surface area contributed by atoms with Crippen LogP contribution >= 0.6 is 35.2 Å². The number of nitrogens with zero attached hydrogens (tertiary/aromatic N) is 4. The summed E-state index contributed by atoms with van der Waals surface area (Å²) < 4.78 is 58.6. The molecular formula is C12H19N4O13P3S. The zero-order chi connectivity index (χ0) is 24.6. The number of aliphatic hydroxyl groups is 2. The Kier molecular flexibility index (Phi) is 8.16. The second-order valence-electron chi connectivity index (χ2n) is 6.30. The third-order valence-electron chi connectivity index (χ3n) is 4.16. The molecule has 3 rings (SSSR count). The van der Waals surface area contributed by atoms with E-state index >= 15 is 0 Å². The normalized spacial score (nSPS) is 27.5. The molecule has 0 radical (unpaired) electrons. The number of thioether (sulfide) groups is 1. The number of rotatable bonds is 10. The van der Waals surface area contributed by atoms with Crippen molar-refractivity contribution in [1.82, 2.24) is 19.5 Å². The maximum Gasteiger partial charge on any atom is 0.490 e. The monoisotopic (exact) mass is 552 g/mol. The van der Waals surface area contributed by atoms with E-state index in [-0.39, 0.29) is 0 Å². The van der Waals surface area contributed by atoms with Crippen LogP contribution in [0.1, 0.15) is 6.23 Å². The molecule has 1 aliphatic rings. The van der Waals surface area contributed by atoms with E-state index in [0.29, 0.717) is 16.2 Å². The number of aliphatic hydroxyl groups excluding tert-OH is 2. The van der Waals surface area contributed by atoms with Crippen LogP contribution in [0.4, 0.5) is 0 Å². The first kappa shape index (κ1) is 26.8. The molecule has 33 heavy (non-hydrogen) atoms. The number of aromatic nitrogens is 4. The first-order valence-electron chi connectivity index (χ1n) is 8.63. The van der Waals surface area contributed by atoms with Crippen LogP contribution in [-0.4, -0.2) is 82.7 Å². The summed E-state index contributed by atoms with van der Waals surface area (Å²) in [6, 6.07) is 0. The molecule has 17 nitrogen and oxygen atoms in total. The Balaban J connectivity index is 1.73. The lowest BCUT2D eigenvalue weighted by molar-refractivity contribution is -0.0508. The third kappa shape index (κ3) is 6.25. The fraction of sp³-hybridized carbons (Fsp3) is 0.583. The van der Waals surface area contributed by atoms with Crippen LogP contribution in [0.5, 0.6) is 0 Å². The van der Waals surface area contributed by atoms with Gasteiger partial charge in [-0.25, -0.2) is 28.6 Å². The van der Waals surface area contributed by atoms with Crippen LogP contribution < -0.4 is 0 Å². The van der Waals surface area contributed by atoms with Gasteiger partial charge in [0.25, 0.3) is 0 Å². The minimum atomic E-state index is -5.59. The molecule has 1 fully saturated rings. The van der Waals surface area contributed by atoms with Crippen LogP contribution in [0.3, 0.4) is 0 Å². The molecule has 1 saturated heterocycles. The summed E-state index contributed by atoms with van der Waals surface area (Å²) in [6.45, 7) is -0.798. The minimum Gasteiger partial charge on any atom is -0.387 e. The highest BCUT2D eigenvalue weighted by Crippen LogP contribution is 2.68. The molecule has 0 amide bonds. The zero-order valence-electron chi connectivity index (χ0n) is 16.7. The standard InChI is InChI=1S/C12H19N4O13P3S/c1-25-32(24,29-31(22,23)28-30(19,20)21)26-3-6-8(17)9(18)12(27-6)16-5-15-7-10(16)13-4-14-11(7)33-2/h4-6,8-9,12,17-18H,3H2,1-2H3,(H,22,23)(H2,19,20,21). The number of ether oxygens (including phenoxy) is 1. The number of hydrogen-bond donors (Lipinski definition) is 5. The summed E-state index contributed by atoms with van der Waals surface area (Å²) in [6.07, 6.45) is -1.28. The van der Waals surface area contributed by atoms with Gasteiger partial charge in [0.15, 0.2) is 11.9 Å². The smallest absolute Gasteiger partial charge is 0.387 e. The van der Waals surface area contributed by atoms with Gasteiger partial charge in [-0.1, -0.05) is 0 Å². The topological polar surface area (TPSA) is 242 Å². The predicted molar refractivity (Wildman–Crippen MR) is 108 cm³/mol. The molecule has 1 aliphatic heterocycles. The van der Waals surface area contributed by atoms with Gasteiger partial charge in [-0.2, -0.15) is 8.62 Å².